The van der Waals surface area contributed by atoms with Gasteiger partial charge >= 0.3 is 0 Å². The summed E-state index contributed by atoms with van der Waals surface area (Å²) in [5, 5.41) is 4.22. The van der Waals surface area contributed by atoms with Gasteiger partial charge in [-0.25, -0.2) is 4.83 Å². The molecule has 4 nitrogen and oxygen atoms in total. The second-order valence-corrected chi connectivity index (χ2v) is 14.5. The number of nitrogens with zero attached hydrogens (tertiary/aromatic N) is 1. The van der Waals surface area contributed by atoms with E-state index in [2.05, 4.69) is 36.2 Å². The molecule has 0 saturated heterocycles. The normalized spacial score (nSPS) is 21.7. The summed E-state index contributed by atoms with van der Waals surface area (Å²) < 4.78 is 24.2. The molecule has 6 heteroatoms. The van der Waals surface area contributed by atoms with Gasteiger partial charge in [-0.3, -0.25) is 0 Å². The smallest absolute Gasteiger partial charge is 0.200 e. The molecule has 1 aliphatic rings. The molecule has 1 saturated carbocycles. The first-order chi connectivity index (χ1) is 10.6. The Morgan fingerprint density at radius 2 is 1.87 bits per heavy atom. The molecule has 0 aromatic heterocycles. The number of rotatable bonds is 7. The first-order valence-electron chi connectivity index (χ1n) is 7.87. The monoisotopic (exact) mass is 350 g/mol. The Balaban J connectivity index is 1.90. The van der Waals surface area contributed by atoms with Crippen molar-refractivity contribution in [2.45, 2.75) is 55.8 Å². The zero-order valence-electron chi connectivity index (χ0n) is 14.4. The van der Waals surface area contributed by atoms with Crippen LogP contribution in [0, 0.1) is 6.92 Å². The van der Waals surface area contributed by atoms with Crippen LogP contribution in [0.4, 0.5) is 0 Å². The number of allylic oxidation sites excluding steroid dienone is 1. The topological polar surface area (TPSA) is 58.5 Å². The summed E-state index contributed by atoms with van der Waals surface area (Å²) >= 11 is 0. The van der Waals surface area contributed by atoms with Gasteiger partial charge in [-0.05, 0) is 43.4 Å². The standard InChI is InChI=1S/C17H26N2O2SSi/c1-14-7-9-16(10-8-14)22(20,21)19-18-12-6-11-17(13-15(17)2)23(3,4)5/h7-10,12,19H,2,6,11,13H2,1,3-5H3/b18-12+. The van der Waals surface area contributed by atoms with Gasteiger partial charge in [-0.1, -0.05) is 49.5 Å². The van der Waals surface area contributed by atoms with Crippen molar-refractivity contribution in [3.63, 3.8) is 0 Å². The first kappa shape index (κ1) is 17.9. The summed E-state index contributed by atoms with van der Waals surface area (Å²) in [4.78, 5) is 2.51. The van der Waals surface area contributed by atoms with Gasteiger partial charge in [0.2, 0.25) is 0 Å². The maximum absolute atomic E-state index is 12.1. The lowest BCUT2D eigenvalue weighted by Crippen LogP contribution is -2.30. The molecule has 0 spiro atoms. The number of hydrogen-bond donors (Lipinski definition) is 1. The lowest BCUT2D eigenvalue weighted by molar-refractivity contribution is 0.584. The van der Waals surface area contributed by atoms with E-state index in [0.29, 0.717) is 5.04 Å². The molecule has 0 aliphatic heterocycles. The van der Waals surface area contributed by atoms with Crippen molar-refractivity contribution < 1.29 is 8.42 Å². The highest BCUT2D eigenvalue weighted by Crippen LogP contribution is 2.67. The fourth-order valence-electron chi connectivity index (χ4n) is 3.01. The van der Waals surface area contributed by atoms with Crippen molar-refractivity contribution in [3.8, 4) is 0 Å². The predicted octanol–water partition coefficient (Wildman–Crippen LogP) is 4.08. The summed E-state index contributed by atoms with van der Waals surface area (Å²) in [6.45, 7) is 13.2. The van der Waals surface area contributed by atoms with Gasteiger partial charge in [0.25, 0.3) is 10.0 Å². The van der Waals surface area contributed by atoms with E-state index in [-0.39, 0.29) is 4.90 Å². The number of hydrogen-bond acceptors (Lipinski definition) is 3. The first-order valence-corrected chi connectivity index (χ1v) is 12.9. The molecule has 1 aliphatic carbocycles. The van der Waals surface area contributed by atoms with E-state index < -0.39 is 18.1 Å². The van der Waals surface area contributed by atoms with E-state index in [1.165, 1.54) is 5.57 Å². The van der Waals surface area contributed by atoms with Crippen LogP contribution in [0.3, 0.4) is 0 Å². The van der Waals surface area contributed by atoms with E-state index >= 15 is 0 Å². The number of hydrazone groups is 1. The second kappa shape index (κ2) is 6.24. The lowest BCUT2D eigenvalue weighted by atomic mass is 10.2. The van der Waals surface area contributed by atoms with Crippen LogP contribution in [-0.2, 0) is 10.0 Å². The zero-order chi connectivity index (χ0) is 17.3. The molecule has 0 heterocycles. The van der Waals surface area contributed by atoms with E-state index in [9.17, 15) is 8.42 Å². The van der Waals surface area contributed by atoms with Crippen molar-refractivity contribution in [1.29, 1.82) is 0 Å². The van der Waals surface area contributed by atoms with E-state index in [0.717, 1.165) is 24.8 Å². The van der Waals surface area contributed by atoms with Crippen LogP contribution in [0.15, 0.2) is 46.4 Å². The van der Waals surface area contributed by atoms with Crippen LogP contribution in [0.5, 0.6) is 0 Å². The third kappa shape index (κ3) is 3.93. The molecule has 0 bridgehead atoms. The van der Waals surface area contributed by atoms with Gasteiger partial charge in [0.1, 0.15) is 0 Å². The van der Waals surface area contributed by atoms with Crippen LogP contribution in [0.2, 0.25) is 24.7 Å². The van der Waals surface area contributed by atoms with Crippen LogP contribution < -0.4 is 4.83 Å². The summed E-state index contributed by atoms with van der Waals surface area (Å²) in [6, 6.07) is 6.71. The van der Waals surface area contributed by atoms with Crippen molar-refractivity contribution >= 4 is 24.3 Å². The third-order valence-corrected chi connectivity index (χ3v) is 9.69. The summed E-state index contributed by atoms with van der Waals surface area (Å²) in [5.41, 5.74) is 2.37. The van der Waals surface area contributed by atoms with Gasteiger partial charge in [-0.2, -0.15) is 13.5 Å². The fraction of sp³-hybridized carbons (Fsp3) is 0.471. The Hall–Kier alpha value is -1.40. The molecule has 0 radical (unpaired) electrons. The highest BCUT2D eigenvalue weighted by molar-refractivity contribution is 7.89. The predicted molar refractivity (Wildman–Crippen MR) is 99.0 cm³/mol. The zero-order valence-corrected chi connectivity index (χ0v) is 16.2. The molecule has 1 unspecified atom stereocenters. The van der Waals surface area contributed by atoms with Gasteiger partial charge in [0.15, 0.2) is 0 Å². The van der Waals surface area contributed by atoms with E-state index in [1.807, 2.05) is 6.92 Å². The minimum atomic E-state index is -3.57. The molecule has 2 rings (SSSR count). The van der Waals surface area contributed by atoms with Crippen LogP contribution in [0.25, 0.3) is 0 Å². The molecule has 0 amide bonds. The quantitative estimate of drug-likeness (QED) is 0.349. The van der Waals surface area contributed by atoms with Crippen LogP contribution in [-0.4, -0.2) is 22.7 Å². The molecule has 126 valence electrons. The van der Waals surface area contributed by atoms with Crippen LogP contribution >= 0.6 is 0 Å². The van der Waals surface area contributed by atoms with Crippen molar-refractivity contribution in [2.75, 3.05) is 0 Å². The number of sulfonamides is 1. The lowest BCUT2D eigenvalue weighted by Gasteiger charge is -2.28. The maximum Gasteiger partial charge on any atom is 0.276 e. The van der Waals surface area contributed by atoms with Crippen molar-refractivity contribution in [3.05, 3.63) is 42.0 Å². The van der Waals surface area contributed by atoms with Gasteiger partial charge in [0, 0.05) is 6.21 Å². The minimum absolute atomic E-state index is 0.231. The highest BCUT2D eigenvalue weighted by atomic mass is 32.2. The second-order valence-electron chi connectivity index (χ2n) is 7.37. The summed E-state index contributed by atoms with van der Waals surface area (Å²) in [7, 11) is -4.86. The Kier molecular flexibility index (Phi) is 4.87. The summed E-state index contributed by atoms with van der Waals surface area (Å²) in [6.07, 6.45) is 4.56. The molecule has 1 fully saturated rings. The van der Waals surface area contributed by atoms with Crippen molar-refractivity contribution in [2.24, 2.45) is 5.10 Å². The average molecular weight is 351 g/mol. The van der Waals surface area contributed by atoms with E-state index in [4.69, 9.17) is 0 Å². The molecule has 1 aromatic rings. The molecule has 1 N–H and O–H groups in total. The molecular weight excluding hydrogens is 324 g/mol. The maximum atomic E-state index is 12.1. The molecular formula is C17H26N2O2SSi. The third-order valence-electron chi connectivity index (χ3n) is 4.80. The molecule has 1 atom stereocenters. The number of aryl methyl sites for hydroxylation is 1. The molecule has 23 heavy (non-hydrogen) atoms. The minimum Gasteiger partial charge on any atom is -0.200 e. The van der Waals surface area contributed by atoms with Gasteiger partial charge in [-0.15, -0.1) is 0 Å². The number of nitrogens with one attached hydrogen (secondary N) is 1. The Morgan fingerprint density at radius 3 is 2.35 bits per heavy atom. The summed E-state index contributed by atoms with van der Waals surface area (Å²) in [5.74, 6) is 0. The van der Waals surface area contributed by atoms with Gasteiger partial charge < -0.3 is 0 Å². The fourth-order valence-corrected chi connectivity index (χ4v) is 6.52. The largest absolute Gasteiger partial charge is 0.276 e. The average Bonchev–Trinajstić information content (AvgIpc) is 3.10. The molecule has 1 aromatic carbocycles. The Bertz CT molecular complexity index is 718. The van der Waals surface area contributed by atoms with E-state index in [1.54, 1.807) is 30.5 Å². The number of benzene rings is 1. The Morgan fingerprint density at radius 1 is 1.30 bits per heavy atom. The van der Waals surface area contributed by atoms with Crippen molar-refractivity contribution in [1.82, 2.24) is 4.83 Å². The van der Waals surface area contributed by atoms with Crippen LogP contribution in [0.1, 0.15) is 24.8 Å². The van der Waals surface area contributed by atoms with Gasteiger partial charge in [0.05, 0.1) is 13.0 Å². The highest BCUT2D eigenvalue weighted by Gasteiger charge is 2.55. The SMILES string of the molecule is C=C1CC1(CC/C=N/NS(=O)(=O)c1ccc(C)cc1)[Si](C)(C)C. The Labute approximate surface area is 140 Å².